The lowest BCUT2D eigenvalue weighted by atomic mass is 10.2. The van der Waals surface area contributed by atoms with Crippen LogP contribution in [0, 0.1) is 12.7 Å². The Morgan fingerprint density at radius 1 is 1.00 bits per heavy atom. The van der Waals surface area contributed by atoms with E-state index in [-0.39, 0.29) is 11.7 Å². The number of methoxy groups -OCH3 is 1. The lowest BCUT2D eigenvalue weighted by molar-refractivity contribution is -0.113. The third kappa shape index (κ3) is 4.00. The van der Waals surface area contributed by atoms with Crippen LogP contribution in [0.3, 0.4) is 0 Å². The number of hydrogen-bond acceptors (Lipinski definition) is 6. The molecular weight excluding hydrogens is 457 g/mol. The first-order chi connectivity index (χ1) is 15.9. The lowest BCUT2D eigenvalue weighted by Crippen LogP contribution is -2.29. The zero-order valence-corrected chi connectivity index (χ0v) is 19.8. The van der Waals surface area contributed by atoms with Crippen molar-refractivity contribution < 1.29 is 13.9 Å². The molecule has 5 nitrogen and oxygen atoms in total. The number of ether oxygens (including phenoxy) is 1. The van der Waals surface area contributed by atoms with Crippen LogP contribution in [-0.2, 0) is 4.79 Å². The molecule has 0 atom stereocenters. The largest absolute Gasteiger partial charge is 0.497 e. The number of anilines is 2. The smallest absolute Gasteiger partial charge is 0.274 e. The predicted octanol–water partition coefficient (Wildman–Crippen LogP) is 6.32. The van der Waals surface area contributed by atoms with Crippen molar-refractivity contribution in [2.45, 2.75) is 11.8 Å². The van der Waals surface area contributed by atoms with Crippen LogP contribution in [0.4, 0.5) is 21.5 Å². The average molecular weight is 478 g/mol. The van der Waals surface area contributed by atoms with Gasteiger partial charge >= 0.3 is 0 Å². The molecule has 2 heterocycles. The summed E-state index contributed by atoms with van der Waals surface area (Å²) in [6.07, 6.45) is 0. The normalized spacial score (nSPS) is 18.9. The van der Waals surface area contributed by atoms with Crippen LogP contribution in [0.1, 0.15) is 5.56 Å². The maximum absolute atomic E-state index is 13.7. The van der Waals surface area contributed by atoms with E-state index in [2.05, 4.69) is 0 Å². The number of nitrogens with zero attached hydrogens (tertiary/aromatic N) is 3. The number of rotatable bonds is 3. The van der Waals surface area contributed by atoms with Gasteiger partial charge in [0.25, 0.3) is 5.91 Å². The van der Waals surface area contributed by atoms with Gasteiger partial charge in [0.15, 0.2) is 5.17 Å². The first-order valence-corrected chi connectivity index (χ1v) is 11.8. The molecule has 1 amide bonds. The molecule has 1 fully saturated rings. The van der Waals surface area contributed by atoms with Crippen molar-refractivity contribution in [1.29, 1.82) is 0 Å². The number of amidine groups is 1. The molecule has 2 aliphatic heterocycles. The third-order valence-electron chi connectivity index (χ3n) is 5.33. The second-order valence-corrected chi connectivity index (χ2v) is 9.59. The number of hydrogen-bond donors (Lipinski definition) is 0. The third-order valence-corrected chi connectivity index (χ3v) is 7.72. The highest BCUT2D eigenvalue weighted by atomic mass is 32.2. The van der Waals surface area contributed by atoms with Gasteiger partial charge in [-0.2, -0.15) is 0 Å². The van der Waals surface area contributed by atoms with E-state index in [4.69, 9.17) is 9.73 Å². The van der Waals surface area contributed by atoms with E-state index in [9.17, 15) is 9.18 Å². The number of thioether (sulfide) groups is 2. The van der Waals surface area contributed by atoms with Crippen LogP contribution in [0.2, 0.25) is 0 Å². The van der Waals surface area contributed by atoms with Crippen molar-refractivity contribution in [3.8, 4) is 5.75 Å². The van der Waals surface area contributed by atoms with Crippen molar-refractivity contribution >= 4 is 51.7 Å². The number of carbonyl (C=O) groups is 1. The zero-order chi connectivity index (χ0) is 23.1. The highest BCUT2D eigenvalue weighted by Crippen LogP contribution is 2.51. The first kappa shape index (κ1) is 21.6. The Morgan fingerprint density at radius 2 is 1.79 bits per heavy atom. The molecule has 8 heteroatoms. The van der Waals surface area contributed by atoms with Crippen LogP contribution in [0.25, 0.3) is 0 Å². The molecule has 0 aliphatic carbocycles. The summed E-state index contributed by atoms with van der Waals surface area (Å²) >= 11 is 2.87. The summed E-state index contributed by atoms with van der Waals surface area (Å²) < 4.78 is 18.9. The Morgan fingerprint density at radius 3 is 2.52 bits per heavy atom. The Bertz CT molecular complexity index is 1320. The van der Waals surface area contributed by atoms with Crippen LogP contribution in [0.15, 0.2) is 86.6 Å². The van der Waals surface area contributed by atoms with Gasteiger partial charge in [-0.1, -0.05) is 23.9 Å². The summed E-state index contributed by atoms with van der Waals surface area (Å²) in [5.41, 5.74) is 3.38. The fraction of sp³-hybridized carbons (Fsp3) is 0.120. The molecule has 3 aromatic rings. The van der Waals surface area contributed by atoms with Gasteiger partial charge in [-0.25, -0.2) is 9.38 Å². The molecule has 5 rings (SSSR count). The Hall–Kier alpha value is -3.23. The predicted molar refractivity (Wildman–Crippen MR) is 134 cm³/mol. The van der Waals surface area contributed by atoms with Crippen molar-refractivity contribution in [3.05, 3.63) is 88.0 Å². The van der Waals surface area contributed by atoms with E-state index in [1.54, 1.807) is 35.9 Å². The van der Waals surface area contributed by atoms with Crippen molar-refractivity contribution in [2.75, 3.05) is 24.0 Å². The number of benzene rings is 3. The molecule has 33 heavy (non-hydrogen) atoms. The minimum Gasteiger partial charge on any atom is -0.497 e. The van der Waals surface area contributed by atoms with E-state index in [1.165, 1.54) is 23.9 Å². The quantitative estimate of drug-likeness (QED) is 0.413. The van der Waals surface area contributed by atoms with Gasteiger partial charge in [-0.05, 0) is 72.8 Å². The molecule has 1 saturated heterocycles. The van der Waals surface area contributed by atoms with Gasteiger partial charge in [-0.15, -0.1) is 0 Å². The minimum absolute atomic E-state index is 0.188. The lowest BCUT2D eigenvalue weighted by Gasteiger charge is -2.17. The summed E-state index contributed by atoms with van der Waals surface area (Å²) in [5, 5.41) is 1.36. The molecule has 0 radical (unpaired) electrons. The summed E-state index contributed by atoms with van der Waals surface area (Å²) in [4.78, 5) is 23.6. The zero-order valence-electron chi connectivity index (χ0n) is 18.2. The van der Waals surface area contributed by atoms with E-state index in [1.807, 2.05) is 61.3 Å². The Balaban J connectivity index is 1.60. The van der Waals surface area contributed by atoms with Crippen LogP contribution < -0.4 is 14.5 Å². The van der Waals surface area contributed by atoms with Gasteiger partial charge in [0.1, 0.15) is 16.5 Å². The molecule has 0 aromatic heterocycles. The molecule has 0 N–H and O–H groups in total. The first-order valence-electron chi connectivity index (χ1n) is 10.2. The van der Waals surface area contributed by atoms with Crippen molar-refractivity contribution in [3.63, 3.8) is 0 Å². The maximum Gasteiger partial charge on any atom is 0.274 e. The molecule has 2 aliphatic rings. The molecule has 0 bridgehead atoms. The summed E-state index contributed by atoms with van der Waals surface area (Å²) in [5.74, 6) is 0.212. The van der Waals surface area contributed by atoms with Gasteiger partial charge in [0.05, 0.1) is 29.2 Å². The maximum atomic E-state index is 13.7. The second kappa shape index (κ2) is 8.61. The standard InChI is InChI=1S/C25H20FN3O2S2/c1-15-5-4-6-17(13-15)27-25-29(18-9-7-16(26)8-10-18)23(30)22(33-25)24-28(2)20-14-19(31-3)11-12-21(20)32-24/h4-14H,1-3H3/b24-22-,27-25?. The van der Waals surface area contributed by atoms with Gasteiger partial charge < -0.3 is 9.64 Å². The molecule has 3 aromatic carbocycles. The fourth-order valence-electron chi connectivity index (χ4n) is 3.66. The molecule has 0 saturated carbocycles. The van der Waals surface area contributed by atoms with E-state index >= 15 is 0 Å². The summed E-state index contributed by atoms with van der Waals surface area (Å²) in [6.45, 7) is 2.00. The molecular formula is C25H20FN3O2S2. The summed E-state index contributed by atoms with van der Waals surface area (Å²) in [6, 6.07) is 19.5. The highest BCUT2D eigenvalue weighted by molar-refractivity contribution is 8.20. The average Bonchev–Trinajstić information content (AvgIpc) is 3.30. The van der Waals surface area contributed by atoms with Crippen molar-refractivity contribution in [2.24, 2.45) is 4.99 Å². The summed E-state index contributed by atoms with van der Waals surface area (Å²) in [7, 11) is 3.57. The van der Waals surface area contributed by atoms with Crippen molar-refractivity contribution in [1.82, 2.24) is 0 Å². The Kier molecular flexibility index (Phi) is 5.64. The van der Waals surface area contributed by atoms with Crippen LogP contribution >= 0.6 is 23.5 Å². The van der Waals surface area contributed by atoms with Crippen LogP contribution in [-0.4, -0.2) is 25.2 Å². The molecule has 166 valence electrons. The number of fused-ring (bicyclic) bond motifs is 1. The highest BCUT2D eigenvalue weighted by Gasteiger charge is 2.40. The number of carbonyl (C=O) groups excluding carboxylic acids is 1. The molecule has 0 spiro atoms. The Labute approximate surface area is 200 Å². The van der Waals surface area contributed by atoms with Gasteiger partial charge in [-0.3, -0.25) is 9.69 Å². The number of amides is 1. The van der Waals surface area contributed by atoms with E-state index < -0.39 is 0 Å². The SMILES string of the molecule is COc1ccc2c(c1)N(C)/C(=C1/SC(=Nc3cccc(C)c3)N(c3ccc(F)cc3)C1=O)S2. The van der Waals surface area contributed by atoms with E-state index in [0.717, 1.165) is 32.6 Å². The van der Waals surface area contributed by atoms with Gasteiger partial charge in [0, 0.05) is 18.0 Å². The number of halogens is 1. The monoisotopic (exact) mass is 477 g/mol. The second-order valence-electron chi connectivity index (χ2n) is 7.58. The van der Waals surface area contributed by atoms with Crippen LogP contribution in [0.5, 0.6) is 5.75 Å². The van der Waals surface area contributed by atoms with E-state index in [0.29, 0.717) is 15.8 Å². The van der Waals surface area contributed by atoms with Gasteiger partial charge in [0.2, 0.25) is 0 Å². The minimum atomic E-state index is -0.357. The topological polar surface area (TPSA) is 45.1 Å². The fourth-order valence-corrected chi connectivity index (χ4v) is 5.98. The molecule has 0 unspecified atom stereocenters. The number of aliphatic imine (C=N–C) groups is 1. The number of aryl methyl sites for hydroxylation is 1.